The molecule has 0 aromatic heterocycles. The second kappa shape index (κ2) is 6.86. The lowest BCUT2D eigenvalue weighted by Gasteiger charge is -2.30. The highest BCUT2D eigenvalue weighted by Gasteiger charge is 2.18. The first-order valence-corrected chi connectivity index (χ1v) is 7.43. The SMILES string of the molecule is CCN(CC)CCN1CCc2ccc(C(=O)O)cc2C1. The third-order valence-corrected chi connectivity index (χ3v) is 4.17. The largest absolute Gasteiger partial charge is 0.478 e. The molecule has 0 spiro atoms. The first kappa shape index (κ1) is 15.0. The number of hydrogen-bond donors (Lipinski definition) is 1. The van der Waals surface area contributed by atoms with Gasteiger partial charge in [0, 0.05) is 26.2 Å². The molecular weight excluding hydrogens is 252 g/mol. The molecule has 1 aromatic carbocycles. The summed E-state index contributed by atoms with van der Waals surface area (Å²) >= 11 is 0. The van der Waals surface area contributed by atoms with Gasteiger partial charge in [0.1, 0.15) is 0 Å². The van der Waals surface area contributed by atoms with Crippen LogP contribution < -0.4 is 0 Å². The highest BCUT2D eigenvalue weighted by molar-refractivity contribution is 5.87. The summed E-state index contributed by atoms with van der Waals surface area (Å²) in [6, 6.07) is 5.52. The van der Waals surface area contributed by atoms with E-state index in [9.17, 15) is 4.79 Å². The second-order valence-electron chi connectivity index (χ2n) is 5.34. The zero-order valence-electron chi connectivity index (χ0n) is 12.4. The van der Waals surface area contributed by atoms with Crippen molar-refractivity contribution in [1.82, 2.24) is 9.80 Å². The van der Waals surface area contributed by atoms with E-state index in [0.717, 1.165) is 45.7 Å². The zero-order valence-corrected chi connectivity index (χ0v) is 12.4. The summed E-state index contributed by atoms with van der Waals surface area (Å²) in [4.78, 5) is 15.9. The number of benzene rings is 1. The summed E-state index contributed by atoms with van der Waals surface area (Å²) in [6.45, 7) is 10.6. The van der Waals surface area contributed by atoms with Crippen LogP contribution in [0.15, 0.2) is 18.2 Å². The average Bonchev–Trinajstić information content (AvgIpc) is 2.47. The van der Waals surface area contributed by atoms with Crippen LogP contribution in [0.25, 0.3) is 0 Å². The van der Waals surface area contributed by atoms with E-state index in [1.807, 2.05) is 12.1 Å². The number of likely N-dealkylation sites (N-methyl/N-ethyl adjacent to an activating group) is 1. The number of rotatable bonds is 6. The van der Waals surface area contributed by atoms with Crippen molar-refractivity contribution >= 4 is 5.97 Å². The Kier molecular flexibility index (Phi) is 5.15. The van der Waals surface area contributed by atoms with E-state index in [1.165, 1.54) is 11.1 Å². The molecule has 4 nitrogen and oxygen atoms in total. The quantitative estimate of drug-likeness (QED) is 0.864. The molecule has 0 saturated heterocycles. The van der Waals surface area contributed by atoms with Gasteiger partial charge in [-0.25, -0.2) is 4.79 Å². The Morgan fingerprint density at radius 1 is 1.30 bits per heavy atom. The van der Waals surface area contributed by atoms with Crippen LogP contribution in [0.3, 0.4) is 0 Å². The normalized spacial score (nSPS) is 15.3. The van der Waals surface area contributed by atoms with Gasteiger partial charge in [0.05, 0.1) is 5.56 Å². The van der Waals surface area contributed by atoms with Crippen LogP contribution in [0, 0.1) is 0 Å². The molecule has 0 unspecified atom stereocenters. The Balaban J connectivity index is 1.98. The first-order valence-electron chi connectivity index (χ1n) is 7.43. The number of fused-ring (bicyclic) bond motifs is 1. The van der Waals surface area contributed by atoms with Gasteiger partial charge in [-0.1, -0.05) is 19.9 Å². The predicted molar refractivity (Wildman–Crippen MR) is 80.2 cm³/mol. The highest BCUT2D eigenvalue weighted by atomic mass is 16.4. The van der Waals surface area contributed by atoms with Crippen LogP contribution in [0.1, 0.15) is 35.3 Å². The van der Waals surface area contributed by atoms with Crippen LogP contribution in [-0.2, 0) is 13.0 Å². The third kappa shape index (κ3) is 3.58. The smallest absolute Gasteiger partial charge is 0.335 e. The maximum atomic E-state index is 11.0. The fourth-order valence-corrected chi connectivity index (χ4v) is 2.76. The van der Waals surface area contributed by atoms with Crippen LogP contribution >= 0.6 is 0 Å². The Morgan fingerprint density at radius 3 is 2.70 bits per heavy atom. The Labute approximate surface area is 121 Å². The molecule has 0 saturated carbocycles. The molecule has 2 rings (SSSR count). The fourth-order valence-electron chi connectivity index (χ4n) is 2.76. The maximum absolute atomic E-state index is 11.0. The van der Waals surface area contributed by atoms with E-state index in [-0.39, 0.29) is 0 Å². The van der Waals surface area contributed by atoms with Gasteiger partial charge < -0.3 is 10.0 Å². The molecule has 0 radical (unpaired) electrons. The van der Waals surface area contributed by atoms with Crippen molar-refractivity contribution in [1.29, 1.82) is 0 Å². The molecule has 1 aliphatic heterocycles. The summed E-state index contributed by atoms with van der Waals surface area (Å²) < 4.78 is 0. The van der Waals surface area contributed by atoms with Gasteiger partial charge in [-0.2, -0.15) is 0 Å². The van der Waals surface area contributed by atoms with Crippen LogP contribution in [0.2, 0.25) is 0 Å². The van der Waals surface area contributed by atoms with Crippen LogP contribution in [-0.4, -0.2) is 53.6 Å². The molecule has 110 valence electrons. The average molecular weight is 276 g/mol. The lowest BCUT2D eigenvalue weighted by Crippen LogP contribution is -2.38. The van der Waals surface area contributed by atoms with E-state index in [0.29, 0.717) is 5.56 Å². The summed E-state index contributed by atoms with van der Waals surface area (Å²) in [5.74, 6) is -0.840. The van der Waals surface area contributed by atoms with E-state index < -0.39 is 5.97 Å². The van der Waals surface area contributed by atoms with Crippen molar-refractivity contribution in [2.75, 3.05) is 32.7 Å². The minimum atomic E-state index is -0.840. The number of carbonyl (C=O) groups is 1. The van der Waals surface area contributed by atoms with E-state index >= 15 is 0 Å². The minimum Gasteiger partial charge on any atom is -0.478 e. The van der Waals surface area contributed by atoms with Gasteiger partial charge in [-0.15, -0.1) is 0 Å². The minimum absolute atomic E-state index is 0.398. The lowest BCUT2D eigenvalue weighted by molar-refractivity contribution is 0.0696. The number of carboxylic acids is 1. The number of aromatic carboxylic acids is 1. The molecule has 1 aliphatic rings. The molecule has 0 aliphatic carbocycles. The van der Waals surface area contributed by atoms with Crippen molar-refractivity contribution in [3.05, 3.63) is 34.9 Å². The maximum Gasteiger partial charge on any atom is 0.335 e. The van der Waals surface area contributed by atoms with Gasteiger partial charge in [0.2, 0.25) is 0 Å². The number of carboxylic acid groups (broad SMARTS) is 1. The molecule has 20 heavy (non-hydrogen) atoms. The van der Waals surface area contributed by atoms with Crippen LogP contribution in [0.5, 0.6) is 0 Å². The topological polar surface area (TPSA) is 43.8 Å². The van der Waals surface area contributed by atoms with Gasteiger partial charge in [0.15, 0.2) is 0 Å². The monoisotopic (exact) mass is 276 g/mol. The molecule has 0 fully saturated rings. The highest BCUT2D eigenvalue weighted by Crippen LogP contribution is 2.20. The van der Waals surface area contributed by atoms with Gasteiger partial charge in [-0.3, -0.25) is 4.90 Å². The molecular formula is C16H24N2O2. The molecule has 1 heterocycles. The van der Waals surface area contributed by atoms with Crippen molar-refractivity contribution in [2.24, 2.45) is 0 Å². The number of hydrogen-bond acceptors (Lipinski definition) is 3. The summed E-state index contributed by atoms with van der Waals surface area (Å²) in [5, 5.41) is 9.07. The molecule has 0 bridgehead atoms. The van der Waals surface area contributed by atoms with Crippen molar-refractivity contribution in [3.63, 3.8) is 0 Å². The summed E-state index contributed by atoms with van der Waals surface area (Å²) in [7, 11) is 0. The van der Waals surface area contributed by atoms with Crippen molar-refractivity contribution in [2.45, 2.75) is 26.8 Å². The Morgan fingerprint density at radius 2 is 2.05 bits per heavy atom. The molecule has 1 N–H and O–H groups in total. The Bertz CT molecular complexity index is 470. The van der Waals surface area contributed by atoms with E-state index in [1.54, 1.807) is 6.07 Å². The van der Waals surface area contributed by atoms with Crippen molar-refractivity contribution in [3.8, 4) is 0 Å². The first-order chi connectivity index (χ1) is 9.63. The standard InChI is InChI=1S/C16H24N2O2/c1-3-17(4-2)9-10-18-8-7-13-5-6-14(16(19)20)11-15(13)12-18/h5-6,11H,3-4,7-10,12H2,1-2H3,(H,19,20). The molecule has 0 atom stereocenters. The van der Waals surface area contributed by atoms with E-state index in [2.05, 4.69) is 23.6 Å². The van der Waals surface area contributed by atoms with Gasteiger partial charge >= 0.3 is 5.97 Å². The van der Waals surface area contributed by atoms with Crippen molar-refractivity contribution < 1.29 is 9.90 Å². The summed E-state index contributed by atoms with van der Waals surface area (Å²) in [5.41, 5.74) is 2.87. The predicted octanol–water partition coefficient (Wildman–Crippen LogP) is 2.08. The molecule has 1 aromatic rings. The molecule has 0 amide bonds. The molecule has 4 heteroatoms. The summed E-state index contributed by atoms with van der Waals surface area (Å²) in [6.07, 6.45) is 1.02. The second-order valence-corrected chi connectivity index (χ2v) is 5.34. The lowest BCUT2D eigenvalue weighted by atomic mass is 9.97. The third-order valence-electron chi connectivity index (χ3n) is 4.17. The van der Waals surface area contributed by atoms with E-state index in [4.69, 9.17) is 5.11 Å². The number of nitrogens with zero attached hydrogens (tertiary/aromatic N) is 2. The Hall–Kier alpha value is -1.39. The van der Waals surface area contributed by atoms with Crippen LogP contribution in [0.4, 0.5) is 0 Å². The van der Waals surface area contributed by atoms with Gasteiger partial charge in [0.25, 0.3) is 0 Å². The zero-order chi connectivity index (χ0) is 14.5. The van der Waals surface area contributed by atoms with Gasteiger partial charge in [-0.05, 0) is 42.8 Å². The fraction of sp³-hybridized carbons (Fsp3) is 0.562.